The molecule has 0 saturated heterocycles. The molecule has 0 fully saturated rings. The Kier molecular flexibility index (Phi) is 7.76. The molecule has 2 amide bonds. The molecule has 0 bridgehead atoms. The maximum atomic E-state index is 12.3. The van der Waals surface area contributed by atoms with Crippen molar-refractivity contribution >= 4 is 46.4 Å². The van der Waals surface area contributed by atoms with Crippen molar-refractivity contribution in [1.82, 2.24) is 10.2 Å². The molecule has 5 nitrogen and oxygen atoms in total. The third kappa shape index (κ3) is 6.34. The van der Waals surface area contributed by atoms with E-state index in [0.29, 0.717) is 29.4 Å². The molecule has 0 unspecified atom stereocenters. The molecule has 0 radical (unpaired) electrons. The summed E-state index contributed by atoms with van der Waals surface area (Å²) in [6.07, 6.45) is 0.205. The van der Waals surface area contributed by atoms with Gasteiger partial charge in [0.1, 0.15) is 0 Å². The topological polar surface area (TPSA) is 61.4 Å². The number of thiocarbonyl (C=S) groups is 1. The smallest absolute Gasteiger partial charge is 0.253 e. The van der Waals surface area contributed by atoms with Crippen LogP contribution in [-0.4, -0.2) is 34.9 Å². The Labute approximate surface area is 169 Å². The zero-order valence-electron chi connectivity index (χ0n) is 15.3. The first-order valence-electron chi connectivity index (χ1n) is 8.67. The molecule has 2 rings (SSSR count). The Balaban J connectivity index is 1.89. The molecule has 0 aliphatic carbocycles. The number of nitrogens with one attached hydrogen (secondary N) is 2. The Hall–Kier alpha value is -2.44. The molecule has 0 atom stereocenters. The number of benzene rings is 2. The maximum absolute atomic E-state index is 12.3. The highest BCUT2D eigenvalue weighted by atomic mass is 35.5. The van der Waals surface area contributed by atoms with Crippen molar-refractivity contribution in [1.29, 1.82) is 0 Å². The second-order valence-corrected chi connectivity index (χ2v) is 6.71. The van der Waals surface area contributed by atoms with Gasteiger partial charge in [0, 0.05) is 29.4 Å². The summed E-state index contributed by atoms with van der Waals surface area (Å²) in [6.45, 7) is 5.23. The lowest BCUT2D eigenvalue weighted by molar-refractivity contribution is -0.119. The monoisotopic (exact) mass is 403 g/mol. The summed E-state index contributed by atoms with van der Waals surface area (Å²) in [7, 11) is 0. The second kappa shape index (κ2) is 10.0. The van der Waals surface area contributed by atoms with E-state index in [-0.39, 0.29) is 23.3 Å². The van der Waals surface area contributed by atoms with E-state index in [4.69, 9.17) is 23.8 Å². The lowest BCUT2D eigenvalue weighted by Crippen LogP contribution is -2.35. The zero-order valence-corrected chi connectivity index (χ0v) is 16.9. The van der Waals surface area contributed by atoms with Crippen LogP contribution in [0.1, 0.15) is 29.8 Å². The van der Waals surface area contributed by atoms with Gasteiger partial charge in [-0.25, -0.2) is 0 Å². The fourth-order valence-corrected chi connectivity index (χ4v) is 2.87. The minimum absolute atomic E-state index is 0.00889. The highest BCUT2D eigenvalue weighted by Gasteiger charge is 2.12. The van der Waals surface area contributed by atoms with E-state index in [1.165, 1.54) is 0 Å². The molecule has 2 aromatic carbocycles. The number of rotatable bonds is 6. The first-order chi connectivity index (χ1) is 12.9. The van der Waals surface area contributed by atoms with Crippen LogP contribution in [0.2, 0.25) is 5.02 Å². The Morgan fingerprint density at radius 2 is 1.59 bits per heavy atom. The van der Waals surface area contributed by atoms with Crippen molar-refractivity contribution in [3.63, 3.8) is 0 Å². The van der Waals surface area contributed by atoms with Gasteiger partial charge >= 0.3 is 0 Å². The summed E-state index contributed by atoms with van der Waals surface area (Å²) >= 11 is 11.0. The predicted molar refractivity (Wildman–Crippen MR) is 113 cm³/mol. The van der Waals surface area contributed by atoms with Crippen molar-refractivity contribution in [3.8, 4) is 0 Å². The Morgan fingerprint density at radius 3 is 2.15 bits per heavy atom. The van der Waals surface area contributed by atoms with E-state index in [0.717, 1.165) is 5.56 Å². The minimum Gasteiger partial charge on any atom is -0.339 e. The van der Waals surface area contributed by atoms with E-state index >= 15 is 0 Å². The highest BCUT2D eigenvalue weighted by Crippen LogP contribution is 2.12. The quantitative estimate of drug-likeness (QED) is 0.718. The highest BCUT2D eigenvalue weighted by molar-refractivity contribution is 7.80. The number of hydrogen-bond acceptors (Lipinski definition) is 3. The van der Waals surface area contributed by atoms with E-state index in [1.54, 1.807) is 53.4 Å². The summed E-state index contributed by atoms with van der Waals surface area (Å²) < 4.78 is 0. The van der Waals surface area contributed by atoms with Crippen LogP contribution in [-0.2, 0) is 11.2 Å². The van der Waals surface area contributed by atoms with Crippen LogP contribution < -0.4 is 10.6 Å². The van der Waals surface area contributed by atoms with Gasteiger partial charge in [-0.05, 0) is 68.0 Å². The van der Waals surface area contributed by atoms with Crippen molar-refractivity contribution in [2.45, 2.75) is 20.3 Å². The van der Waals surface area contributed by atoms with Gasteiger partial charge in [0.25, 0.3) is 5.91 Å². The molecular formula is C20H22ClN3O2S. The summed E-state index contributed by atoms with van der Waals surface area (Å²) in [5.74, 6) is -0.228. The molecule has 142 valence electrons. The lowest BCUT2D eigenvalue weighted by atomic mass is 10.1. The SMILES string of the molecule is CCN(CC)C(=O)c1ccc(NC(=S)NC(=O)Cc2ccc(Cl)cc2)cc1. The van der Waals surface area contributed by atoms with E-state index in [9.17, 15) is 9.59 Å². The van der Waals surface area contributed by atoms with Crippen molar-refractivity contribution in [2.24, 2.45) is 0 Å². The fourth-order valence-electron chi connectivity index (χ4n) is 2.51. The number of halogens is 1. The van der Waals surface area contributed by atoms with Crippen LogP contribution in [0, 0.1) is 0 Å². The zero-order chi connectivity index (χ0) is 19.8. The molecule has 7 heteroatoms. The molecule has 27 heavy (non-hydrogen) atoms. The third-order valence-corrected chi connectivity index (χ3v) is 4.43. The normalized spacial score (nSPS) is 10.2. The molecule has 2 N–H and O–H groups in total. The van der Waals surface area contributed by atoms with Crippen LogP contribution in [0.15, 0.2) is 48.5 Å². The van der Waals surface area contributed by atoms with Gasteiger partial charge < -0.3 is 15.5 Å². The number of anilines is 1. The van der Waals surface area contributed by atoms with Crippen molar-refractivity contribution in [2.75, 3.05) is 18.4 Å². The number of carbonyl (C=O) groups is 2. The number of carbonyl (C=O) groups excluding carboxylic acids is 2. The summed E-state index contributed by atoms with van der Waals surface area (Å²) in [6, 6.07) is 14.1. The summed E-state index contributed by atoms with van der Waals surface area (Å²) in [4.78, 5) is 26.1. The standard InChI is InChI=1S/C20H22ClN3O2S/c1-3-24(4-2)19(26)15-7-11-17(12-8-15)22-20(27)23-18(25)13-14-5-9-16(21)10-6-14/h5-12H,3-4,13H2,1-2H3,(H2,22,23,25,27). The van der Waals surface area contributed by atoms with Crippen molar-refractivity contribution in [3.05, 3.63) is 64.7 Å². The van der Waals surface area contributed by atoms with Gasteiger partial charge in [-0.2, -0.15) is 0 Å². The first-order valence-corrected chi connectivity index (χ1v) is 9.46. The average molecular weight is 404 g/mol. The number of amides is 2. The maximum Gasteiger partial charge on any atom is 0.253 e. The molecular weight excluding hydrogens is 382 g/mol. The van der Waals surface area contributed by atoms with Crippen LogP contribution in [0.5, 0.6) is 0 Å². The number of hydrogen-bond donors (Lipinski definition) is 2. The van der Waals surface area contributed by atoms with Gasteiger partial charge in [0.15, 0.2) is 5.11 Å². The predicted octanol–water partition coefficient (Wildman–Crippen LogP) is 3.88. The van der Waals surface area contributed by atoms with E-state index in [2.05, 4.69) is 10.6 Å². The number of nitrogens with zero attached hydrogens (tertiary/aromatic N) is 1. The van der Waals surface area contributed by atoms with Gasteiger partial charge in [-0.15, -0.1) is 0 Å². The van der Waals surface area contributed by atoms with Gasteiger partial charge in [0.2, 0.25) is 5.91 Å². The minimum atomic E-state index is -0.219. The van der Waals surface area contributed by atoms with Gasteiger partial charge in [-0.3, -0.25) is 9.59 Å². The van der Waals surface area contributed by atoms with Crippen LogP contribution in [0.3, 0.4) is 0 Å². The first kappa shape index (κ1) is 20.9. The molecule has 0 spiro atoms. The van der Waals surface area contributed by atoms with Gasteiger partial charge in [-0.1, -0.05) is 23.7 Å². The van der Waals surface area contributed by atoms with Crippen molar-refractivity contribution < 1.29 is 9.59 Å². The molecule has 0 aromatic heterocycles. The molecule has 2 aromatic rings. The van der Waals surface area contributed by atoms with Crippen LogP contribution in [0.4, 0.5) is 5.69 Å². The summed E-state index contributed by atoms with van der Waals surface area (Å²) in [5, 5.41) is 6.41. The molecule has 0 saturated carbocycles. The van der Waals surface area contributed by atoms with Gasteiger partial charge in [0.05, 0.1) is 6.42 Å². The molecule has 0 aliphatic rings. The molecule has 0 aliphatic heterocycles. The van der Waals surface area contributed by atoms with E-state index < -0.39 is 0 Å². The Bertz CT molecular complexity index is 803. The van der Waals surface area contributed by atoms with E-state index in [1.807, 2.05) is 13.8 Å². The second-order valence-electron chi connectivity index (χ2n) is 5.86. The average Bonchev–Trinajstić information content (AvgIpc) is 2.65. The summed E-state index contributed by atoms with van der Waals surface area (Å²) in [5.41, 5.74) is 2.16. The largest absolute Gasteiger partial charge is 0.339 e. The molecule has 0 heterocycles. The lowest BCUT2D eigenvalue weighted by Gasteiger charge is -2.18. The van der Waals surface area contributed by atoms with Crippen LogP contribution in [0.25, 0.3) is 0 Å². The Morgan fingerprint density at radius 1 is 1.00 bits per heavy atom. The van der Waals surface area contributed by atoms with Crippen LogP contribution >= 0.6 is 23.8 Å². The third-order valence-electron chi connectivity index (χ3n) is 3.97. The fraction of sp³-hybridized carbons (Fsp3) is 0.250.